The number of morpholine rings is 1. The van der Waals surface area contributed by atoms with E-state index in [9.17, 15) is 9.59 Å². The van der Waals surface area contributed by atoms with Crippen molar-refractivity contribution in [2.75, 3.05) is 39.4 Å². The zero-order valence-electron chi connectivity index (χ0n) is 14.9. The van der Waals surface area contributed by atoms with Gasteiger partial charge in [0.15, 0.2) is 0 Å². The summed E-state index contributed by atoms with van der Waals surface area (Å²) in [5, 5.41) is 3.52. The van der Waals surface area contributed by atoms with Gasteiger partial charge in [0.2, 0.25) is 0 Å². The Bertz CT molecular complexity index is 837. The van der Waals surface area contributed by atoms with E-state index in [1.807, 2.05) is 6.92 Å². The number of rotatable bonds is 5. The summed E-state index contributed by atoms with van der Waals surface area (Å²) < 4.78 is 6.85. The van der Waals surface area contributed by atoms with E-state index < -0.39 is 0 Å². The summed E-state index contributed by atoms with van der Waals surface area (Å²) in [7, 11) is 1.70. The van der Waals surface area contributed by atoms with E-state index in [1.54, 1.807) is 14.0 Å². The first kappa shape index (κ1) is 18.0. The smallest absolute Gasteiger partial charge is 0.262 e. The number of carbonyl (C=O) groups is 1. The van der Waals surface area contributed by atoms with Crippen LogP contribution in [0.5, 0.6) is 0 Å². The van der Waals surface area contributed by atoms with E-state index in [1.165, 1.54) is 15.9 Å². The first-order valence-corrected chi connectivity index (χ1v) is 9.35. The monoisotopic (exact) mass is 364 g/mol. The summed E-state index contributed by atoms with van der Waals surface area (Å²) in [5.74, 6) is 0.526. The fourth-order valence-corrected chi connectivity index (χ4v) is 4.13. The van der Waals surface area contributed by atoms with Crippen LogP contribution < -0.4 is 10.9 Å². The molecule has 0 unspecified atom stereocenters. The largest absolute Gasteiger partial charge is 0.379 e. The molecule has 1 N–H and O–H groups in total. The van der Waals surface area contributed by atoms with Gasteiger partial charge in [0.05, 0.1) is 23.5 Å². The maximum Gasteiger partial charge on any atom is 0.262 e. The van der Waals surface area contributed by atoms with Crippen molar-refractivity contribution in [1.82, 2.24) is 19.8 Å². The number of amides is 1. The lowest BCUT2D eigenvalue weighted by atomic mass is 10.2. The zero-order valence-corrected chi connectivity index (χ0v) is 15.7. The molecule has 0 atom stereocenters. The van der Waals surface area contributed by atoms with Crippen LogP contribution in [0, 0.1) is 13.8 Å². The number of carbonyl (C=O) groups excluding carboxylic acids is 1. The molecule has 1 aliphatic heterocycles. The second-order valence-electron chi connectivity index (χ2n) is 6.32. The molecule has 25 heavy (non-hydrogen) atoms. The Morgan fingerprint density at radius 3 is 2.76 bits per heavy atom. The van der Waals surface area contributed by atoms with Gasteiger partial charge in [-0.3, -0.25) is 19.1 Å². The molecule has 1 fully saturated rings. The van der Waals surface area contributed by atoms with Gasteiger partial charge in [-0.05, 0) is 32.4 Å². The molecular weight excluding hydrogens is 340 g/mol. The number of aromatic nitrogens is 2. The molecule has 0 bridgehead atoms. The zero-order chi connectivity index (χ0) is 18.0. The number of nitrogens with one attached hydrogen (secondary N) is 1. The highest BCUT2D eigenvalue weighted by atomic mass is 32.1. The van der Waals surface area contributed by atoms with Gasteiger partial charge < -0.3 is 10.1 Å². The first-order valence-electron chi connectivity index (χ1n) is 8.54. The Kier molecular flexibility index (Phi) is 5.51. The normalized spacial score (nSPS) is 15.6. The third-order valence-electron chi connectivity index (χ3n) is 4.64. The molecule has 136 valence electrons. The summed E-state index contributed by atoms with van der Waals surface area (Å²) in [6, 6.07) is 0. The molecule has 0 aromatic carbocycles. The Balaban J connectivity index is 1.65. The summed E-state index contributed by atoms with van der Waals surface area (Å²) in [6.07, 6.45) is 0.898. The molecule has 3 rings (SSSR count). The molecule has 0 saturated carbocycles. The second-order valence-corrected chi connectivity index (χ2v) is 7.32. The van der Waals surface area contributed by atoms with Crippen molar-refractivity contribution in [2.24, 2.45) is 7.05 Å². The second kappa shape index (κ2) is 7.63. The van der Waals surface area contributed by atoms with Crippen molar-refractivity contribution in [1.29, 1.82) is 0 Å². The van der Waals surface area contributed by atoms with Crippen LogP contribution in [0.1, 0.15) is 27.5 Å². The Labute approximate surface area is 150 Å². The van der Waals surface area contributed by atoms with E-state index >= 15 is 0 Å². The molecule has 0 spiro atoms. The maximum absolute atomic E-state index is 12.5. The highest BCUT2D eigenvalue weighted by Gasteiger charge is 2.19. The minimum atomic E-state index is -0.123. The predicted molar refractivity (Wildman–Crippen MR) is 98.5 cm³/mol. The summed E-state index contributed by atoms with van der Waals surface area (Å²) >= 11 is 1.29. The molecule has 3 heterocycles. The summed E-state index contributed by atoms with van der Waals surface area (Å²) in [5.41, 5.74) is 0.626. The van der Waals surface area contributed by atoms with Crippen molar-refractivity contribution in [3.05, 3.63) is 26.6 Å². The fraction of sp³-hybridized carbons (Fsp3) is 0.588. The van der Waals surface area contributed by atoms with Gasteiger partial charge in [-0.2, -0.15) is 0 Å². The lowest BCUT2D eigenvalue weighted by molar-refractivity contribution is 0.0374. The van der Waals surface area contributed by atoms with Gasteiger partial charge in [0, 0.05) is 26.7 Å². The number of aryl methyl sites for hydroxylation is 2. The molecule has 2 aromatic rings. The molecule has 1 amide bonds. The van der Waals surface area contributed by atoms with Crippen molar-refractivity contribution in [2.45, 2.75) is 20.3 Å². The van der Waals surface area contributed by atoms with E-state index in [-0.39, 0.29) is 11.5 Å². The standard InChI is InChI=1S/C17H24N4O3S/c1-11-13-16(19-12(2)20(3)17(13)23)25-14(11)15(22)18-5-4-6-21-7-9-24-10-8-21/h4-10H2,1-3H3,(H,18,22). The SMILES string of the molecule is Cc1c(C(=O)NCCCN2CCOCC2)sc2nc(C)n(C)c(=O)c12. The lowest BCUT2D eigenvalue weighted by Gasteiger charge is -2.26. The van der Waals surface area contributed by atoms with Crippen molar-refractivity contribution in [3.63, 3.8) is 0 Å². The van der Waals surface area contributed by atoms with Crippen LogP contribution in [-0.2, 0) is 11.8 Å². The summed E-state index contributed by atoms with van der Waals surface area (Å²) in [4.78, 5) is 32.9. The Hall–Kier alpha value is -1.77. The first-order chi connectivity index (χ1) is 12.0. The number of ether oxygens (including phenoxy) is 1. The van der Waals surface area contributed by atoms with Gasteiger partial charge >= 0.3 is 0 Å². The fourth-order valence-electron chi connectivity index (χ4n) is 2.99. The molecule has 7 nitrogen and oxygen atoms in total. The molecule has 8 heteroatoms. The third kappa shape index (κ3) is 3.75. The van der Waals surface area contributed by atoms with Crippen LogP contribution in [0.25, 0.3) is 10.2 Å². The average molecular weight is 364 g/mol. The molecular formula is C17H24N4O3S. The summed E-state index contributed by atoms with van der Waals surface area (Å²) in [6.45, 7) is 8.67. The number of hydrogen-bond donors (Lipinski definition) is 1. The van der Waals surface area contributed by atoms with Crippen LogP contribution in [0.4, 0.5) is 0 Å². The minimum Gasteiger partial charge on any atom is -0.379 e. The van der Waals surface area contributed by atoms with Gasteiger partial charge in [0.25, 0.3) is 11.5 Å². The Morgan fingerprint density at radius 1 is 1.32 bits per heavy atom. The number of fused-ring (bicyclic) bond motifs is 1. The highest BCUT2D eigenvalue weighted by Crippen LogP contribution is 2.27. The van der Waals surface area contributed by atoms with Crippen molar-refractivity contribution in [3.8, 4) is 0 Å². The van der Waals surface area contributed by atoms with Crippen LogP contribution in [0.3, 0.4) is 0 Å². The van der Waals surface area contributed by atoms with Crippen LogP contribution in [0.15, 0.2) is 4.79 Å². The average Bonchev–Trinajstić information content (AvgIpc) is 2.94. The van der Waals surface area contributed by atoms with E-state index in [0.717, 1.165) is 44.8 Å². The third-order valence-corrected chi connectivity index (χ3v) is 5.83. The quantitative estimate of drug-likeness (QED) is 0.803. The van der Waals surface area contributed by atoms with E-state index in [4.69, 9.17) is 4.74 Å². The molecule has 1 saturated heterocycles. The number of nitrogens with zero attached hydrogens (tertiary/aromatic N) is 3. The molecule has 2 aromatic heterocycles. The topological polar surface area (TPSA) is 76.5 Å². The Morgan fingerprint density at radius 2 is 2.04 bits per heavy atom. The van der Waals surface area contributed by atoms with Crippen LogP contribution in [-0.4, -0.2) is 59.8 Å². The van der Waals surface area contributed by atoms with Crippen LogP contribution >= 0.6 is 11.3 Å². The number of hydrogen-bond acceptors (Lipinski definition) is 6. The van der Waals surface area contributed by atoms with E-state index in [2.05, 4.69) is 15.2 Å². The molecule has 1 aliphatic rings. The van der Waals surface area contributed by atoms with Gasteiger partial charge in [-0.1, -0.05) is 0 Å². The molecule has 0 radical (unpaired) electrons. The van der Waals surface area contributed by atoms with Crippen molar-refractivity contribution >= 4 is 27.5 Å². The molecule has 0 aliphatic carbocycles. The lowest BCUT2D eigenvalue weighted by Crippen LogP contribution is -2.38. The predicted octanol–water partition coefficient (Wildman–Crippen LogP) is 1.06. The van der Waals surface area contributed by atoms with Gasteiger partial charge in [-0.25, -0.2) is 4.98 Å². The van der Waals surface area contributed by atoms with Gasteiger partial charge in [-0.15, -0.1) is 11.3 Å². The minimum absolute atomic E-state index is 0.0948. The van der Waals surface area contributed by atoms with E-state index in [0.29, 0.717) is 27.5 Å². The number of thiophene rings is 1. The van der Waals surface area contributed by atoms with Crippen molar-refractivity contribution < 1.29 is 9.53 Å². The van der Waals surface area contributed by atoms with Crippen LogP contribution in [0.2, 0.25) is 0 Å². The van der Waals surface area contributed by atoms with Gasteiger partial charge in [0.1, 0.15) is 10.7 Å². The highest BCUT2D eigenvalue weighted by molar-refractivity contribution is 7.20. The maximum atomic E-state index is 12.5.